The van der Waals surface area contributed by atoms with Crippen molar-refractivity contribution < 1.29 is 24.1 Å². The van der Waals surface area contributed by atoms with E-state index in [1.807, 2.05) is 27.7 Å². The zero-order valence-electron chi connectivity index (χ0n) is 16.4. The van der Waals surface area contributed by atoms with Crippen molar-refractivity contribution in [3.05, 3.63) is 0 Å². The van der Waals surface area contributed by atoms with E-state index < -0.39 is 17.8 Å². The van der Waals surface area contributed by atoms with Crippen LogP contribution in [-0.2, 0) is 14.2 Å². The lowest BCUT2D eigenvalue weighted by atomic mass is 9.84. The molecule has 1 rings (SSSR count). The largest absolute Gasteiger partial charge is 0.444 e. The molecule has 25 heavy (non-hydrogen) atoms. The SMILES string of the molecule is CCOCCO[C@@H](CO)[C@H](CC1CCCCC1)NC(=O)OC(C)(C)C. The molecule has 0 heterocycles. The first kappa shape index (κ1) is 22.2. The molecule has 0 saturated heterocycles. The Bertz CT molecular complexity index is 363. The Kier molecular flexibility index (Phi) is 10.4. The summed E-state index contributed by atoms with van der Waals surface area (Å²) in [5, 5.41) is 12.7. The maximum Gasteiger partial charge on any atom is 0.407 e. The Morgan fingerprint density at radius 2 is 1.88 bits per heavy atom. The number of nitrogens with one attached hydrogen (secondary N) is 1. The third kappa shape index (κ3) is 10.0. The van der Waals surface area contributed by atoms with Gasteiger partial charge in [-0.15, -0.1) is 0 Å². The molecular weight excluding hydrogens is 322 g/mol. The van der Waals surface area contributed by atoms with Crippen LogP contribution in [0.3, 0.4) is 0 Å². The maximum atomic E-state index is 12.2. The molecule has 0 aromatic rings. The molecular formula is C19H37NO5. The van der Waals surface area contributed by atoms with Crippen LogP contribution in [0.5, 0.6) is 0 Å². The highest BCUT2D eigenvalue weighted by molar-refractivity contribution is 5.68. The van der Waals surface area contributed by atoms with Gasteiger partial charge in [0.2, 0.25) is 0 Å². The summed E-state index contributed by atoms with van der Waals surface area (Å²) < 4.78 is 16.5. The van der Waals surface area contributed by atoms with Crippen LogP contribution in [0, 0.1) is 5.92 Å². The Labute approximate surface area is 152 Å². The zero-order valence-corrected chi connectivity index (χ0v) is 16.4. The molecule has 0 aliphatic heterocycles. The van der Waals surface area contributed by atoms with Crippen LogP contribution >= 0.6 is 0 Å². The summed E-state index contributed by atoms with van der Waals surface area (Å²) in [6.07, 6.45) is 5.99. The Morgan fingerprint density at radius 3 is 2.44 bits per heavy atom. The van der Waals surface area contributed by atoms with E-state index in [2.05, 4.69) is 5.32 Å². The quantitative estimate of drug-likeness (QED) is 0.586. The van der Waals surface area contributed by atoms with Crippen molar-refractivity contribution in [2.75, 3.05) is 26.4 Å². The second-order valence-corrected chi connectivity index (χ2v) is 7.78. The van der Waals surface area contributed by atoms with Gasteiger partial charge in [-0.2, -0.15) is 0 Å². The highest BCUT2D eigenvalue weighted by Crippen LogP contribution is 2.28. The van der Waals surface area contributed by atoms with Crippen LogP contribution in [0.15, 0.2) is 0 Å². The first-order valence-electron chi connectivity index (χ1n) is 9.65. The second kappa shape index (κ2) is 11.7. The van der Waals surface area contributed by atoms with Crippen molar-refractivity contribution in [3.63, 3.8) is 0 Å². The van der Waals surface area contributed by atoms with Gasteiger partial charge in [0, 0.05) is 6.61 Å². The predicted octanol–water partition coefficient (Wildman–Crippen LogP) is 3.26. The van der Waals surface area contributed by atoms with Gasteiger partial charge in [-0.3, -0.25) is 0 Å². The number of carbonyl (C=O) groups excluding carboxylic acids is 1. The minimum atomic E-state index is -0.552. The number of carbonyl (C=O) groups is 1. The summed E-state index contributed by atoms with van der Waals surface area (Å²) in [6.45, 7) is 8.82. The summed E-state index contributed by atoms with van der Waals surface area (Å²) in [7, 11) is 0. The molecule has 6 nitrogen and oxygen atoms in total. The molecule has 0 aromatic carbocycles. The second-order valence-electron chi connectivity index (χ2n) is 7.78. The zero-order chi connectivity index (χ0) is 18.7. The molecule has 0 unspecified atom stereocenters. The van der Waals surface area contributed by atoms with Gasteiger partial charge < -0.3 is 24.6 Å². The average Bonchev–Trinajstić information content (AvgIpc) is 2.54. The number of hydrogen-bond donors (Lipinski definition) is 2. The highest BCUT2D eigenvalue weighted by atomic mass is 16.6. The first-order valence-corrected chi connectivity index (χ1v) is 9.65. The van der Waals surface area contributed by atoms with Gasteiger partial charge >= 0.3 is 6.09 Å². The van der Waals surface area contributed by atoms with Gasteiger partial charge in [0.05, 0.1) is 25.9 Å². The maximum absolute atomic E-state index is 12.2. The molecule has 0 spiro atoms. The van der Waals surface area contributed by atoms with Crippen molar-refractivity contribution in [1.82, 2.24) is 5.32 Å². The van der Waals surface area contributed by atoms with Crippen LogP contribution in [0.4, 0.5) is 4.79 Å². The van der Waals surface area contributed by atoms with Gasteiger partial charge in [0.1, 0.15) is 11.7 Å². The summed E-state index contributed by atoms with van der Waals surface area (Å²) in [6, 6.07) is -0.260. The standard InChI is InChI=1S/C19H37NO5/c1-5-23-11-12-24-17(14-21)16(13-15-9-7-6-8-10-15)20-18(22)25-19(2,3)4/h15-17,21H,5-14H2,1-4H3,(H,20,22)/t16-,17-/m0/s1. The molecule has 1 aliphatic carbocycles. The molecule has 2 N–H and O–H groups in total. The summed E-state index contributed by atoms with van der Waals surface area (Å²) >= 11 is 0. The predicted molar refractivity (Wildman–Crippen MR) is 97.7 cm³/mol. The van der Waals surface area contributed by atoms with Crippen molar-refractivity contribution in [2.24, 2.45) is 5.92 Å². The van der Waals surface area contributed by atoms with E-state index in [0.717, 1.165) is 6.42 Å². The Balaban J connectivity index is 2.64. The Morgan fingerprint density at radius 1 is 1.20 bits per heavy atom. The van der Waals surface area contributed by atoms with Crippen molar-refractivity contribution in [2.45, 2.75) is 84.0 Å². The van der Waals surface area contributed by atoms with E-state index in [9.17, 15) is 9.90 Å². The van der Waals surface area contributed by atoms with E-state index in [-0.39, 0.29) is 12.6 Å². The fraction of sp³-hybridized carbons (Fsp3) is 0.947. The summed E-state index contributed by atoms with van der Waals surface area (Å²) in [4.78, 5) is 12.2. The normalized spacial score (nSPS) is 18.6. The molecule has 2 atom stereocenters. The van der Waals surface area contributed by atoms with Gasteiger partial charge in [-0.1, -0.05) is 32.1 Å². The molecule has 1 amide bonds. The van der Waals surface area contributed by atoms with Crippen molar-refractivity contribution >= 4 is 6.09 Å². The van der Waals surface area contributed by atoms with Crippen molar-refractivity contribution in [1.29, 1.82) is 0 Å². The molecule has 148 valence electrons. The van der Waals surface area contributed by atoms with E-state index in [1.54, 1.807) is 0 Å². The molecule has 0 bridgehead atoms. The van der Waals surface area contributed by atoms with Crippen LogP contribution in [0.2, 0.25) is 0 Å². The van der Waals surface area contributed by atoms with Gasteiger partial charge in [0.15, 0.2) is 0 Å². The number of amides is 1. The molecule has 6 heteroatoms. The highest BCUT2D eigenvalue weighted by Gasteiger charge is 2.29. The molecule has 0 radical (unpaired) electrons. The molecule has 1 aliphatic rings. The van der Waals surface area contributed by atoms with Crippen LogP contribution in [-0.4, -0.2) is 55.4 Å². The van der Waals surface area contributed by atoms with E-state index in [1.165, 1.54) is 32.1 Å². The summed E-state index contributed by atoms with van der Waals surface area (Å²) in [5.41, 5.74) is -0.552. The smallest absolute Gasteiger partial charge is 0.407 e. The fourth-order valence-electron chi connectivity index (χ4n) is 3.24. The van der Waals surface area contributed by atoms with Gasteiger partial charge in [-0.25, -0.2) is 4.79 Å². The number of alkyl carbamates (subject to hydrolysis) is 1. The number of aliphatic hydroxyl groups is 1. The third-order valence-electron chi connectivity index (χ3n) is 4.41. The van der Waals surface area contributed by atoms with Crippen molar-refractivity contribution in [3.8, 4) is 0 Å². The van der Waals surface area contributed by atoms with Gasteiger partial charge in [-0.05, 0) is 40.0 Å². The minimum absolute atomic E-state index is 0.140. The first-order chi connectivity index (χ1) is 11.9. The minimum Gasteiger partial charge on any atom is -0.444 e. The third-order valence-corrected chi connectivity index (χ3v) is 4.41. The fourth-order valence-corrected chi connectivity index (χ4v) is 3.24. The van der Waals surface area contributed by atoms with Gasteiger partial charge in [0.25, 0.3) is 0 Å². The van der Waals surface area contributed by atoms with E-state index >= 15 is 0 Å². The number of aliphatic hydroxyl groups excluding tert-OH is 1. The number of rotatable bonds is 10. The molecule has 0 aromatic heterocycles. The molecule has 1 saturated carbocycles. The number of hydrogen-bond acceptors (Lipinski definition) is 5. The van der Waals surface area contributed by atoms with E-state index in [4.69, 9.17) is 14.2 Å². The summed E-state index contributed by atoms with van der Waals surface area (Å²) in [5.74, 6) is 0.554. The average molecular weight is 360 g/mol. The lowest BCUT2D eigenvalue weighted by Gasteiger charge is -2.32. The lowest BCUT2D eigenvalue weighted by Crippen LogP contribution is -2.49. The van der Waals surface area contributed by atoms with Crippen LogP contribution < -0.4 is 5.32 Å². The Hall–Kier alpha value is -0.850. The topological polar surface area (TPSA) is 77.0 Å². The lowest BCUT2D eigenvalue weighted by molar-refractivity contribution is -0.0405. The number of ether oxygens (including phenoxy) is 3. The van der Waals surface area contributed by atoms with E-state index in [0.29, 0.717) is 25.7 Å². The van der Waals surface area contributed by atoms with Crippen LogP contribution in [0.25, 0.3) is 0 Å². The molecule has 1 fully saturated rings. The monoisotopic (exact) mass is 359 g/mol. The van der Waals surface area contributed by atoms with Crippen LogP contribution in [0.1, 0.15) is 66.2 Å².